The van der Waals surface area contributed by atoms with Crippen LogP contribution in [0.25, 0.3) is 0 Å². The number of amides is 2. The predicted molar refractivity (Wildman–Crippen MR) is 101 cm³/mol. The molecule has 2 aromatic carbocycles. The smallest absolute Gasteiger partial charge is 0.268 e. The van der Waals surface area contributed by atoms with Crippen molar-refractivity contribution in [2.24, 2.45) is 0 Å². The maximum absolute atomic E-state index is 12.7. The second kappa shape index (κ2) is 6.32. The molecule has 122 valence electrons. The zero-order valence-corrected chi connectivity index (χ0v) is 17.7. The minimum absolute atomic E-state index is 0.122. The minimum atomic E-state index is -0.548. The average molecular weight is 584 g/mol. The van der Waals surface area contributed by atoms with Gasteiger partial charge in [-0.25, -0.2) is 4.90 Å². The molecule has 3 rings (SSSR count). The number of nitro groups is 1. The van der Waals surface area contributed by atoms with E-state index >= 15 is 0 Å². The van der Waals surface area contributed by atoms with Crippen LogP contribution in [0, 0.1) is 10.1 Å². The lowest BCUT2D eigenvalue weighted by Crippen LogP contribution is -2.29. The number of non-ortho nitro benzene ring substituents is 1. The Morgan fingerprint density at radius 3 is 1.58 bits per heavy atom. The number of imide groups is 1. The molecule has 0 radical (unpaired) electrons. The van der Waals surface area contributed by atoms with Gasteiger partial charge in [0.1, 0.15) is 0 Å². The van der Waals surface area contributed by atoms with Crippen molar-refractivity contribution in [2.75, 3.05) is 4.90 Å². The van der Waals surface area contributed by atoms with Crippen LogP contribution in [-0.4, -0.2) is 16.7 Å². The molecular weight excluding hydrogens is 580 g/mol. The number of carbonyl (C=O) groups excluding carboxylic acids is 2. The van der Waals surface area contributed by atoms with E-state index in [-0.39, 0.29) is 22.5 Å². The first kappa shape index (κ1) is 17.7. The van der Waals surface area contributed by atoms with Crippen molar-refractivity contribution < 1.29 is 14.5 Å². The van der Waals surface area contributed by atoms with E-state index in [1.54, 1.807) is 0 Å². The summed E-state index contributed by atoms with van der Waals surface area (Å²) in [5, 5.41) is 10.7. The molecule has 0 atom stereocenters. The molecule has 2 amide bonds. The molecule has 6 nitrogen and oxygen atoms in total. The van der Waals surface area contributed by atoms with Gasteiger partial charge in [0.25, 0.3) is 17.5 Å². The molecule has 0 bridgehead atoms. The van der Waals surface area contributed by atoms with Crippen molar-refractivity contribution in [1.82, 2.24) is 0 Å². The van der Waals surface area contributed by atoms with Gasteiger partial charge >= 0.3 is 0 Å². The van der Waals surface area contributed by atoms with Gasteiger partial charge in [-0.1, -0.05) is 0 Å². The van der Waals surface area contributed by atoms with Crippen LogP contribution in [0.5, 0.6) is 0 Å². The third-order valence-corrected chi connectivity index (χ3v) is 8.19. The topological polar surface area (TPSA) is 80.5 Å². The summed E-state index contributed by atoms with van der Waals surface area (Å²) >= 11 is 13.4. The van der Waals surface area contributed by atoms with Crippen LogP contribution in [0.1, 0.15) is 20.7 Å². The number of halogens is 4. The molecule has 0 spiro atoms. The minimum Gasteiger partial charge on any atom is -0.268 e. The summed E-state index contributed by atoms with van der Waals surface area (Å²) in [6, 6.07) is 5.22. The second-order valence-electron chi connectivity index (χ2n) is 4.73. The van der Waals surface area contributed by atoms with Crippen molar-refractivity contribution in [2.45, 2.75) is 0 Å². The van der Waals surface area contributed by atoms with Gasteiger partial charge in [-0.05, 0) is 75.9 Å². The maximum Gasteiger partial charge on any atom is 0.269 e. The van der Waals surface area contributed by atoms with Crippen molar-refractivity contribution in [3.05, 3.63) is 63.4 Å². The molecule has 0 N–H and O–H groups in total. The summed E-state index contributed by atoms with van der Waals surface area (Å²) in [5.41, 5.74) is 0.585. The number of nitro benzene ring substituents is 1. The molecule has 1 aliphatic heterocycles. The van der Waals surface area contributed by atoms with Gasteiger partial charge in [0.05, 0.1) is 21.7 Å². The highest BCUT2D eigenvalue weighted by atomic mass is 79.9. The Bertz CT molecular complexity index is 881. The lowest BCUT2D eigenvalue weighted by atomic mass is 10.1. The molecule has 0 fully saturated rings. The Morgan fingerprint density at radius 1 is 0.792 bits per heavy atom. The number of carbonyl (C=O) groups is 2. The van der Waals surface area contributed by atoms with Crippen LogP contribution in [0.3, 0.4) is 0 Å². The van der Waals surface area contributed by atoms with Gasteiger partial charge < -0.3 is 0 Å². The Morgan fingerprint density at radius 2 is 1.21 bits per heavy atom. The van der Waals surface area contributed by atoms with Crippen LogP contribution >= 0.6 is 63.7 Å². The van der Waals surface area contributed by atoms with Crippen LogP contribution in [-0.2, 0) is 0 Å². The van der Waals surface area contributed by atoms with Gasteiger partial charge in [0, 0.05) is 30.0 Å². The Kier molecular flexibility index (Phi) is 4.67. The number of rotatable bonds is 2. The Labute approximate surface area is 168 Å². The lowest BCUT2D eigenvalue weighted by molar-refractivity contribution is -0.384. The Hall–Kier alpha value is -1.10. The van der Waals surface area contributed by atoms with Gasteiger partial charge in [-0.3, -0.25) is 19.7 Å². The second-order valence-corrected chi connectivity index (χ2v) is 7.90. The molecule has 2 aromatic rings. The molecule has 0 unspecified atom stereocenters. The molecule has 1 heterocycles. The highest BCUT2D eigenvalue weighted by Crippen LogP contribution is 2.46. The summed E-state index contributed by atoms with van der Waals surface area (Å²) in [6.07, 6.45) is 0. The standard InChI is InChI=1S/C14H4Br4N2O4/c15-9-7-8(10(16)12(18)11(9)17)14(22)19(13(7)21)5-1-3-6(4-2-5)20(23)24/h1-4H. The summed E-state index contributed by atoms with van der Waals surface area (Å²) in [4.78, 5) is 36.7. The fraction of sp³-hybridized carbons (Fsp3) is 0. The predicted octanol–water partition coefficient (Wildman–Crippen LogP) is 5.45. The summed E-state index contributed by atoms with van der Waals surface area (Å²) in [6.45, 7) is 0. The van der Waals surface area contributed by atoms with E-state index < -0.39 is 16.7 Å². The van der Waals surface area contributed by atoms with Crippen molar-refractivity contribution in [1.29, 1.82) is 0 Å². The van der Waals surface area contributed by atoms with E-state index in [1.807, 2.05) is 0 Å². The van der Waals surface area contributed by atoms with Gasteiger partial charge in [-0.15, -0.1) is 0 Å². The van der Waals surface area contributed by atoms with E-state index in [0.29, 0.717) is 17.9 Å². The van der Waals surface area contributed by atoms with Crippen molar-refractivity contribution >= 4 is 86.9 Å². The van der Waals surface area contributed by atoms with Gasteiger partial charge in [-0.2, -0.15) is 0 Å². The molecule has 0 aromatic heterocycles. The third kappa shape index (κ3) is 2.56. The van der Waals surface area contributed by atoms with Crippen LogP contribution in [0.4, 0.5) is 11.4 Å². The summed E-state index contributed by atoms with van der Waals surface area (Å²) in [7, 11) is 0. The number of hydrogen-bond acceptors (Lipinski definition) is 4. The molecule has 0 aliphatic carbocycles. The fourth-order valence-corrected chi connectivity index (χ4v) is 4.76. The first-order valence-electron chi connectivity index (χ1n) is 6.25. The number of benzene rings is 2. The molecule has 10 heteroatoms. The van der Waals surface area contributed by atoms with Crippen molar-refractivity contribution in [3.8, 4) is 0 Å². The first-order valence-corrected chi connectivity index (χ1v) is 9.42. The van der Waals surface area contributed by atoms with Crippen molar-refractivity contribution in [3.63, 3.8) is 0 Å². The number of fused-ring (bicyclic) bond motifs is 1. The van der Waals surface area contributed by atoms with E-state index in [2.05, 4.69) is 63.7 Å². The van der Waals surface area contributed by atoms with Gasteiger partial charge in [0.2, 0.25) is 0 Å². The molecule has 0 saturated carbocycles. The van der Waals surface area contributed by atoms with E-state index in [1.165, 1.54) is 24.3 Å². The largest absolute Gasteiger partial charge is 0.269 e. The van der Waals surface area contributed by atoms with Gasteiger partial charge in [0.15, 0.2) is 0 Å². The fourth-order valence-electron chi connectivity index (χ4n) is 2.31. The zero-order valence-electron chi connectivity index (χ0n) is 11.3. The first-order chi connectivity index (χ1) is 11.3. The number of anilines is 1. The molecule has 1 aliphatic rings. The van der Waals surface area contributed by atoms with E-state index in [4.69, 9.17) is 0 Å². The van der Waals surface area contributed by atoms with Crippen LogP contribution in [0.2, 0.25) is 0 Å². The molecule has 24 heavy (non-hydrogen) atoms. The SMILES string of the molecule is O=C1c2c(Br)c(Br)c(Br)c(Br)c2C(=O)N1c1ccc([N+](=O)[O-])cc1. The molecule has 0 saturated heterocycles. The van der Waals surface area contributed by atoms with E-state index in [0.717, 1.165) is 4.90 Å². The zero-order chi connectivity index (χ0) is 17.8. The lowest BCUT2D eigenvalue weighted by Gasteiger charge is -2.13. The highest BCUT2D eigenvalue weighted by molar-refractivity contribution is 9.15. The summed E-state index contributed by atoms with van der Waals surface area (Å²) in [5.74, 6) is -1.02. The molecular formula is C14H4Br4N2O4. The summed E-state index contributed by atoms with van der Waals surface area (Å²) < 4.78 is 2.10. The average Bonchev–Trinajstić information content (AvgIpc) is 2.82. The quantitative estimate of drug-likeness (QED) is 0.155. The monoisotopic (exact) mass is 580 g/mol. The highest BCUT2D eigenvalue weighted by Gasteiger charge is 2.41. The number of hydrogen-bond donors (Lipinski definition) is 0. The normalized spacial score (nSPS) is 13.4. The third-order valence-electron chi connectivity index (χ3n) is 3.42. The van der Waals surface area contributed by atoms with E-state index in [9.17, 15) is 19.7 Å². The number of nitrogens with zero attached hydrogens (tertiary/aromatic N) is 2. The van der Waals surface area contributed by atoms with Crippen LogP contribution in [0.15, 0.2) is 42.2 Å². The van der Waals surface area contributed by atoms with Crippen LogP contribution < -0.4 is 4.90 Å². The Balaban J connectivity index is 2.16. The maximum atomic E-state index is 12.7.